The van der Waals surface area contributed by atoms with Crippen LogP contribution in [0.4, 0.5) is 14.6 Å². The summed E-state index contributed by atoms with van der Waals surface area (Å²) in [7, 11) is 0. The number of anilines is 1. The molecule has 0 bridgehead atoms. The molecule has 0 aliphatic carbocycles. The molecule has 0 aliphatic heterocycles. The van der Waals surface area contributed by atoms with Crippen LogP contribution in [-0.2, 0) is 6.61 Å². The standard InChI is InChI=1S/C12H10ClF2N3O/c13-8-4-2-1-3-7(8)6-19-12-10(15)5-9(14)11(17-12)18-16/h1-5H,6,16H2,(H,17,18). The first-order chi connectivity index (χ1) is 9.11. The molecule has 2 rings (SSSR count). The molecule has 3 N–H and O–H groups in total. The zero-order valence-electron chi connectivity index (χ0n) is 9.66. The summed E-state index contributed by atoms with van der Waals surface area (Å²) in [6.45, 7) is 0.0131. The number of benzene rings is 1. The molecule has 0 unspecified atom stereocenters. The molecule has 0 amide bonds. The van der Waals surface area contributed by atoms with Crippen molar-refractivity contribution in [3.05, 3.63) is 52.6 Å². The lowest BCUT2D eigenvalue weighted by Crippen LogP contribution is -2.12. The molecule has 0 atom stereocenters. The van der Waals surface area contributed by atoms with Gasteiger partial charge in [0.15, 0.2) is 17.5 Å². The molecular weight excluding hydrogens is 276 g/mol. The summed E-state index contributed by atoms with van der Waals surface area (Å²) in [5, 5.41) is 0.488. The molecule has 1 aromatic carbocycles. The lowest BCUT2D eigenvalue weighted by Gasteiger charge is -2.09. The molecule has 2 aromatic rings. The number of hydrazine groups is 1. The predicted molar refractivity (Wildman–Crippen MR) is 67.7 cm³/mol. The smallest absolute Gasteiger partial charge is 0.252 e. The summed E-state index contributed by atoms with van der Waals surface area (Å²) in [5.74, 6) is 2.59. The number of hydrogen-bond acceptors (Lipinski definition) is 4. The first kappa shape index (κ1) is 13.5. The van der Waals surface area contributed by atoms with Gasteiger partial charge >= 0.3 is 0 Å². The van der Waals surface area contributed by atoms with Crippen LogP contribution in [0.3, 0.4) is 0 Å². The van der Waals surface area contributed by atoms with Gasteiger partial charge < -0.3 is 10.2 Å². The van der Waals surface area contributed by atoms with E-state index in [1.807, 2.05) is 5.43 Å². The Morgan fingerprint density at radius 3 is 2.68 bits per heavy atom. The van der Waals surface area contributed by atoms with Crippen LogP contribution in [0.25, 0.3) is 0 Å². The van der Waals surface area contributed by atoms with E-state index in [0.29, 0.717) is 16.7 Å². The second-order valence-corrected chi connectivity index (χ2v) is 4.04. The second kappa shape index (κ2) is 5.81. The predicted octanol–water partition coefficient (Wildman–Crippen LogP) is 2.88. The number of nitrogens with zero attached hydrogens (tertiary/aromatic N) is 1. The first-order valence-corrected chi connectivity index (χ1v) is 5.68. The minimum atomic E-state index is -0.913. The Morgan fingerprint density at radius 2 is 2.00 bits per heavy atom. The maximum absolute atomic E-state index is 13.4. The summed E-state index contributed by atoms with van der Waals surface area (Å²) in [5.41, 5.74) is 2.68. The van der Waals surface area contributed by atoms with Crippen molar-refractivity contribution in [1.29, 1.82) is 0 Å². The van der Waals surface area contributed by atoms with Crippen molar-refractivity contribution in [3.63, 3.8) is 0 Å². The highest BCUT2D eigenvalue weighted by molar-refractivity contribution is 6.31. The number of hydrogen-bond donors (Lipinski definition) is 2. The Bertz CT molecular complexity index is 595. The van der Waals surface area contributed by atoms with E-state index in [0.717, 1.165) is 0 Å². The van der Waals surface area contributed by atoms with Crippen LogP contribution in [-0.4, -0.2) is 4.98 Å². The van der Waals surface area contributed by atoms with Crippen LogP contribution < -0.4 is 16.0 Å². The normalized spacial score (nSPS) is 10.3. The molecular formula is C12H10ClF2N3O. The lowest BCUT2D eigenvalue weighted by molar-refractivity contribution is 0.276. The quantitative estimate of drug-likeness (QED) is 0.670. The number of nitrogen functional groups attached to an aromatic ring is 1. The Balaban J connectivity index is 2.18. The van der Waals surface area contributed by atoms with Gasteiger partial charge in [0, 0.05) is 16.7 Å². The summed E-state index contributed by atoms with van der Waals surface area (Å²) >= 11 is 5.93. The number of pyridine rings is 1. The molecule has 4 nitrogen and oxygen atoms in total. The van der Waals surface area contributed by atoms with E-state index in [9.17, 15) is 8.78 Å². The van der Waals surface area contributed by atoms with Gasteiger partial charge in [-0.3, -0.25) is 0 Å². The van der Waals surface area contributed by atoms with Gasteiger partial charge in [-0.25, -0.2) is 14.6 Å². The maximum Gasteiger partial charge on any atom is 0.252 e. The first-order valence-electron chi connectivity index (χ1n) is 5.30. The average molecular weight is 286 g/mol. The van der Waals surface area contributed by atoms with E-state index in [1.165, 1.54) is 0 Å². The summed E-state index contributed by atoms with van der Waals surface area (Å²) in [6.07, 6.45) is 0. The highest BCUT2D eigenvalue weighted by Gasteiger charge is 2.13. The number of aromatic nitrogens is 1. The van der Waals surface area contributed by atoms with Crippen molar-refractivity contribution in [2.45, 2.75) is 6.61 Å². The molecule has 1 aromatic heterocycles. The van der Waals surface area contributed by atoms with E-state index in [1.54, 1.807) is 24.3 Å². The minimum Gasteiger partial charge on any atom is -0.471 e. The molecule has 0 aliphatic rings. The van der Waals surface area contributed by atoms with Gasteiger partial charge in [-0.2, -0.15) is 4.98 Å². The van der Waals surface area contributed by atoms with Crippen molar-refractivity contribution in [3.8, 4) is 5.88 Å². The third-order valence-corrected chi connectivity index (χ3v) is 2.72. The Labute approximate surface area is 113 Å². The fourth-order valence-corrected chi connectivity index (χ4v) is 1.60. The van der Waals surface area contributed by atoms with E-state index in [-0.39, 0.29) is 18.3 Å². The fourth-order valence-electron chi connectivity index (χ4n) is 1.41. The van der Waals surface area contributed by atoms with Gasteiger partial charge in [0.25, 0.3) is 5.88 Å². The van der Waals surface area contributed by atoms with Crippen molar-refractivity contribution in [1.82, 2.24) is 4.98 Å². The third-order valence-electron chi connectivity index (χ3n) is 2.36. The molecule has 0 radical (unpaired) electrons. The maximum atomic E-state index is 13.4. The number of nitrogens with two attached hydrogens (primary N) is 1. The third kappa shape index (κ3) is 3.10. The number of ether oxygens (including phenoxy) is 1. The number of rotatable bonds is 4. The van der Waals surface area contributed by atoms with E-state index < -0.39 is 11.6 Å². The zero-order chi connectivity index (χ0) is 13.8. The van der Waals surface area contributed by atoms with Crippen molar-refractivity contribution in [2.75, 3.05) is 5.43 Å². The second-order valence-electron chi connectivity index (χ2n) is 3.63. The van der Waals surface area contributed by atoms with Crippen LogP contribution >= 0.6 is 11.6 Å². The van der Waals surface area contributed by atoms with Crippen LogP contribution in [0.1, 0.15) is 5.56 Å². The summed E-state index contributed by atoms with van der Waals surface area (Å²) in [6, 6.07) is 7.59. The van der Waals surface area contributed by atoms with Crippen LogP contribution in [0, 0.1) is 11.6 Å². The molecule has 100 valence electrons. The monoisotopic (exact) mass is 285 g/mol. The van der Waals surface area contributed by atoms with Crippen LogP contribution in [0.5, 0.6) is 5.88 Å². The minimum absolute atomic E-state index is 0.0131. The topological polar surface area (TPSA) is 60.2 Å². The SMILES string of the molecule is NNc1nc(OCc2ccccc2Cl)c(F)cc1F. The molecule has 1 heterocycles. The molecule has 0 saturated carbocycles. The number of halogens is 3. The van der Waals surface area contributed by atoms with Crippen molar-refractivity contribution >= 4 is 17.4 Å². The molecule has 0 spiro atoms. The zero-order valence-corrected chi connectivity index (χ0v) is 10.4. The summed E-state index contributed by atoms with van der Waals surface area (Å²) < 4.78 is 31.7. The van der Waals surface area contributed by atoms with Crippen LogP contribution in [0.2, 0.25) is 5.02 Å². The number of nitrogens with one attached hydrogen (secondary N) is 1. The van der Waals surface area contributed by atoms with Gasteiger partial charge in [0.05, 0.1) is 0 Å². The summed E-state index contributed by atoms with van der Waals surface area (Å²) in [4.78, 5) is 3.58. The van der Waals surface area contributed by atoms with Crippen molar-refractivity contribution in [2.24, 2.45) is 5.84 Å². The molecule has 19 heavy (non-hydrogen) atoms. The van der Waals surface area contributed by atoms with E-state index in [2.05, 4.69) is 4.98 Å². The van der Waals surface area contributed by atoms with Crippen LogP contribution in [0.15, 0.2) is 30.3 Å². The Kier molecular flexibility index (Phi) is 4.13. The van der Waals surface area contributed by atoms with Gasteiger partial charge in [-0.05, 0) is 6.07 Å². The van der Waals surface area contributed by atoms with E-state index >= 15 is 0 Å². The van der Waals surface area contributed by atoms with Gasteiger partial charge in [-0.15, -0.1) is 0 Å². The fraction of sp³-hybridized carbons (Fsp3) is 0.0833. The highest BCUT2D eigenvalue weighted by atomic mass is 35.5. The average Bonchev–Trinajstić information content (AvgIpc) is 2.39. The van der Waals surface area contributed by atoms with Gasteiger partial charge in [0.2, 0.25) is 0 Å². The van der Waals surface area contributed by atoms with Crippen molar-refractivity contribution < 1.29 is 13.5 Å². The molecule has 0 fully saturated rings. The largest absolute Gasteiger partial charge is 0.471 e. The Morgan fingerprint density at radius 1 is 1.26 bits per heavy atom. The van der Waals surface area contributed by atoms with Gasteiger partial charge in [0.1, 0.15) is 6.61 Å². The lowest BCUT2D eigenvalue weighted by atomic mass is 10.2. The Hall–Kier alpha value is -1.92. The molecule has 0 saturated heterocycles. The highest BCUT2D eigenvalue weighted by Crippen LogP contribution is 2.22. The van der Waals surface area contributed by atoms with Gasteiger partial charge in [-0.1, -0.05) is 29.8 Å². The molecule has 7 heteroatoms. The van der Waals surface area contributed by atoms with E-state index in [4.69, 9.17) is 22.2 Å².